The predicted octanol–water partition coefficient (Wildman–Crippen LogP) is 2.30. The highest BCUT2D eigenvalue weighted by molar-refractivity contribution is 7.59. The van der Waals surface area contributed by atoms with E-state index in [2.05, 4.69) is 0 Å². The molecule has 11 heteroatoms. The summed E-state index contributed by atoms with van der Waals surface area (Å²) in [5.74, 6) is -0.696. The van der Waals surface area contributed by atoms with E-state index in [1.807, 2.05) is 9.47 Å². The van der Waals surface area contributed by atoms with Crippen molar-refractivity contribution in [1.82, 2.24) is 0 Å². The van der Waals surface area contributed by atoms with E-state index in [1.165, 1.54) is 21.0 Å². The minimum absolute atomic E-state index is 0.237. The van der Waals surface area contributed by atoms with E-state index in [4.69, 9.17) is 23.0 Å². The number of carbonyl (C=O) groups is 1. The minimum Gasteiger partial charge on any atom is -0.462 e. The van der Waals surface area contributed by atoms with Crippen molar-refractivity contribution in [3.8, 4) is 0 Å². The zero-order valence-corrected chi connectivity index (χ0v) is 17.6. The fourth-order valence-electron chi connectivity index (χ4n) is 2.84. The summed E-state index contributed by atoms with van der Waals surface area (Å²) in [4.78, 5) is 12.0. The molecule has 3 unspecified atom stereocenters. The van der Waals surface area contributed by atoms with Crippen LogP contribution < -0.4 is 0 Å². The third kappa shape index (κ3) is 5.24. The molecule has 146 valence electrons. The summed E-state index contributed by atoms with van der Waals surface area (Å²) in [5, 5.41) is 0. The van der Waals surface area contributed by atoms with Gasteiger partial charge in [-0.25, -0.2) is 4.39 Å². The van der Waals surface area contributed by atoms with Crippen molar-refractivity contribution in [2.75, 3.05) is 13.7 Å². The van der Waals surface area contributed by atoms with Crippen LogP contribution in [0.4, 0.5) is 4.39 Å². The number of carbonyl (C=O) groups excluding carboxylic acids is 1. The maximum Gasteiger partial charge on any atom is 0.347 e. The maximum atomic E-state index is 14.8. The molecule has 0 aromatic rings. The van der Waals surface area contributed by atoms with Crippen LogP contribution in [0, 0.1) is 0 Å². The largest absolute Gasteiger partial charge is 0.462 e. The second-order valence-corrected chi connectivity index (χ2v) is 9.44. The summed E-state index contributed by atoms with van der Waals surface area (Å²) >= 11 is 0. The normalized spacial score (nSPS) is 33.1. The van der Waals surface area contributed by atoms with Crippen molar-refractivity contribution in [3.05, 3.63) is 0 Å². The molecule has 1 rings (SSSR count). The zero-order valence-electron chi connectivity index (χ0n) is 15.6. The Kier molecular flexibility index (Phi) is 8.51. The molecule has 0 aromatic heterocycles. The number of rotatable bonds is 9. The lowest BCUT2D eigenvalue weighted by atomic mass is 9.67. The smallest absolute Gasteiger partial charge is 0.347 e. The van der Waals surface area contributed by atoms with Gasteiger partial charge in [0.25, 0.3) is 0 Å². The van der Waals surface area contributed by atoms with Crippen molar-refractivity contribution < 1.29 is 36.8 Å². The van der Waals surface area contributed by atoms with Crippen LogP contribution in [-0.2, 0) is 32.4 Å². The molecule has 7 nitrogen and oxygen atoms in total. The van der Waals surface area contributed by atoms with Gasteiger partial charge < -0.3 is 18.7 Å². The molecule has 0 bridgehead atoms. The van der Waals surface area contributed by atoms with E-state index in [-0.39, 0.29) is 12.7 Å². The SMILES string of the molecule is CB[C@@H]1O[C@H](COP(=O)(OP)[C@@H](C)C(=O)OC(C)C)[C@H](OC)C1(C)F. The number of ether oxygens (including phenoxy) is 3. The number of hydrogen-bond acceptors (Lipinski definition) is 7. The van der Waals surface area contributed by atoms with Gasteiger partial charge in [-0.15, -0.1) is 0 Å². The van der Waals surface area contributed by atoms with E-state index in [1.54, 1.807) is 20.7 Å². The van der Waals surface area contributed by atoms with Gasteiger partial charge in [-0.3, -0.25) is 13.7 Å². The number of alkyl halides is 1. The quantitative estimate of drug-likeness (QED) is 0.334. The molecular formula is C14H28BFO7P2. The molecule has 0 saturated carbocycles. The van der Waals surface area contributed by atoms with Gasteiger partial charge >= 0.3 is 13.6 Å². The van der Waals surface area contributed by atoms with E-state index in [9.17, 15) is 13.8 Å². The average Bonchev–Trinajstić information content (AvgIpc) is 2.80. The van der Waals surface area contributed by atoms with Crippen LogP contribution >= 0.6 is 17.1 Å². The second kappa shape index (κ2) is 9.25. The van der Waals surface area contributed by atoms with E-state index in [0.717, 1.165) is 0 Å². The molecule has 1 aliphatic rings. The van der Waals surface area contributed by atoms with Gasteiger partial charge in [0.2, 0.25) is 0 Å². The lowest BCUT2D eigenvalue weighted by Crippen LogP contribution is -2.45. The zero-order chi connectivity index (χ0) is 19.4. The molecule has 1 aliphatic heterocycles. The van der Waals surface area contributed by atoms with E-state index >= 15 is 0 Å². The minimum atomic E-state index is -3.83. The van der Waals surface area contributed by atoms with Gasteiger partial charge in [0.15, 0.2) is 18.6 Å². The summed E-state index contributed by atoms with van der Waals surface area (Å²) in [5.41, 5.74) is -2.83. The summed E-state index contributed by atoms with van der Waals surface area (Å²) in [6.45, 7) is 7.73. The Morgan fingerprint density at radius 3 is 2.48 bits per heavy atom. The Bertz CT molecular complexity index is 506. The van der Waals surface area contributed by atoms with Crippen LogP contribution in [0.25, 0.3) is 0 Å². The molecule has 1 heterocycles. The van der Waals surface area contributed by atoms with Gasteiger partial charge in [0, 0.05) is 16.6 Å². The average molecular weight is 400 g/mol. The number of halogens is 1. The summed E-state index contributed by atoms with van der Waals surface area (Å²) in [7, 11) is -0.154. The second-order valence-electron chi connectivity index (χ2n) is 6.48. The van der Waals surface area contributed by atoms with Crippen molar-refractivity contribution in [3.63, 3.8) is 0 Å². The molecule has 1 fully saturated rings. The van der Waals surface area contributed by atoms with Crippen molar-refractivity contribution >= 4 is 30.3 Å². The third-order valence-electron chi connectivity index (χ3n) is 4.22. The molecule has 0 amide bonds. The fourth-order valence-corrected chi connectivity index (χ4v) is 4.71. The lowest BCUT2D eigenvalue weighted by Gasteiger charge is -2.27. The van der Waals surface area contributed by atoms with Gasteiger partial charge in [0.1, 0.15) is 12.2 Å². The molecule has 0 aromatic carbocycles. The molecule has 0 N–H and O–H groups in total. The maximum absolute atomic E-state index is 14.8. The molecule has 0 spiro atoms. The van der Waals surface area contributed by atoms with Crippen LogP contribution in [0.2, 0.25) is 6.82 Å². The molecule has 0 aliphatic carbocycles. The highest BCUT2D eigenvalue weighted by Crippen LogP contribution is 2.55. The van der Waals surface area contributed by atoms with Gasteiger partial charge in [-0.2, -0.15) is 0 Å². The van der Waals surface area contributed by atoms with Crippen LogP contribution in [0.1, 0.15) is 27.7 Å². The standard InChI is InChI=1S/C14H28BFO7P2/c1-8(2)21-12(17)9(3)25(18,23-24)20-7-10-11(19-6)14(4,16)13(15-5)22-10/h8-11,13,15H,7,24H2,1-6H3/t9-,10+,11-,13+,14?,25?/m0/s1. The van der Waals surface area contributed by atoms with Gasteiger partial charge in [-0.1, -0.05) is 6.82 Å². The van der Waals surface area contributed by atoms with Crippen LogP contribution in [0.5, 0.6) is 0 Å². The number of esters is 1. The Morgan fingerprint density at radius 2 is 2.04 bits per heavy atom. The Labute approximate surface area is 151 Å². The topological polar surface area (TPSA) is 80.3 Å². The van der Waals surface area contributed by atoms with Gasteiger partial charge in [-0.05, 0) is 27.7 Å². The Hall–Kier alpha value is -0.0351. The van der Waals surface area contributed by atoms with E-state index in [0.29, 0.717) is 7.28 Å². The van der Waals surface area contributed by atoms with E-state index < -0.39 is 43.1 Å². The monoisotopic (exact) mass is 400 g/mol. The van der Waals surface area contributed by atoms with Crippen molar-refractivity contribution in [2.45, 2.75) is 70.2 Å². The number of methoxy groups -OCH3 is 1. The molecule has 1 saturated heterocycles. The fraction of sp³-hybridized carbons (Fsp3) is 0.929. The van der Waals surface area contributed by atoms with Crippen LogP contribution in [0.3, 0.4) is 0 Å². The molecule has 25 heavy (non-hydrogen) atoms. The number of hydrogen-bond donors (Lipinski definition) is 0. The predicted molar refractivity (Wildman–Crippen MR) is 97.0 cm³/mol. The summed E-state index contributed by atoms with van der Waals surface area (Å²) in [6.07, 6.45) is -2.01. The Balaban J connectivity index is 2.82. The molecular weight excluding hydrogens is 372 g/mol. The van der Waals surface area contributed by atoms with Crippen LogP contribution in [0.15, 0.2) is 0 Å². The first-order chi connectivity index (χ1) is 11.5. The summed E-state index contributed by atoms with van der Waals surface area (Å²) < 4.78 is 53.8. The lowest BCUT2D eigenvalue weighted by molar-refractivity contribution is -0.146. The highest BCUT2D eigenvalue weighted by Gasteiger charge is 2.54. The molecule has 0 radical (unpaired) electrons. The molecule has 7 atom stereocenters. The third-order valence-corrected chi connectivity index (χ3v) is 7.06. The highest BCUT2D eigenvalue weighted by atomic mass is 31.2. The van der Waals surface area contributed by atoms with Crippen molar-refractivity contribution in [2.24, 2.45) is 0 Å². The van der Waals surface area contributed by atoms with Crippen LogP contribution in [-0.4, -0.2) is 62.6 Å². The first-order valence-corrected chi connectivity index (χ1v) is 10.3. The van der Waals surface area contributed by atoms with Crippen molar-refractivity contribution in [1.29, 1.82) is 0 Å². The first kappa shape index (κ1) is 23.0. The van der Waals surface area contributed by atoms with Gasteiger partial charge in [0.05, 0.1) is 18.7 Å². The first-order valence-electron chi connectivity index (χ1n) is 8.23. The Morgan fingerprint density at radius 1 is 1.44 bits per heavy atom. The summed E-state index contributed by atoms with van der Waals surface area (Å²) in [6, 6.07) is -0.661.